The Morgan fingerprint density at radius 3 is 1.33 bits per heavy atom. The first-order chi connectivity index (χ1) is 23.8. The van der Waals surface area contributed by atoms with Crippen LogP contribution < -0.4 is 28.4 Å². The molecule has 0 bridgehead atoms. The van der Waals surface area contributed by atoms with Crippen LogP contribution in [0, 0.1) is 0 Å². The van der Waals surface area contributed by atoms with Crippen molar-refractivity contribution < 1.29 is 38.6 Å². The second kappa shape index (κ2) is 23.0. The summed E-state index contributed by atoms with van der Waals surface area (Å²) in [6.07, 6.45) is 11.8. The van der Waals surface area contributed by atoms with Crippen LogP contribution in [0.1, 0.15) is 83.3 Å². The molecule has 0 aliphatic heterocycles. The second-order valence-corrected chi connectivity index (χ2v) is 25.8. The number of aliphatic hydroxyl groups is 2. The molecule has 0 aliphatic carbocycles. The average molecular weight is 792 g/mol. The van der Waals surface area contributed by atoms with Gasteiger partial charge in [0.2, 0.25) is 0 Å². The monoisotopic (exact) mass is 792 g/mol. The number of methoxy groups -OCH3 is 6. The van der Waals surface area contributed by atoms with E-state index in [1.165, 1.54) is 47.3 Å². The van der Waals surface area contributed by atoms with Crippen molar-refractivity contribution in [2.45, 2.75) is 98.3 Å². The number of aliphatic hydroxyl groups excluding tert-OH is 2. The number of hydrogen-bond donors (Lipinski definition) is 2. The molecule has 49 heavy (non-hydrogen) atoms. The first kappa shape index (κ1) is 42.6. The van der Waals surface area contributed by atoms with Crippen LogP contribution in [-0.4, -0.2) is 84.5 Å². The summed E-state index contributed by atoms with van der Waals surface area (Å²) < 4.78 is 39.7. The van der Waals surface area contributed by atoms with Gasteiger partial charge in [-0.15, -0.1) is 0 Å². The molecule has 0 spiro atoms. The molecule has 276 valence electrons. The van der Waals surface area contributed by atoms with Crippen LogP contribution in [-0.2, 0) is 12.8 Å². The minimum absolute atomic E-state index is 0.0210. The second-order valence-electron chi connectivity index (χ2n) is 12.7. The van der Waals surface area contributed by atoms with E-state index >= 15 is 0 Å². The van der Waals surface area contributed by atoms with Gasteiger partial charge < -0.3 is 0 Å². The van der Waals surface area contributed by atoms with Crippen LogP contribution >= 0.6 is 0 Å². The zero-order valence-corrected chi connectivity index (χ0v) is 34.7. The maximum absolute atomic E-state index is 10.6. The fourth-order valence-corrected chi connectivity index (χ4v) is 24.5. The van der Waals surface area contributed by atoms with Gasteiger partial charge in [0, 0.05) is 0 Å². The van der Waals surface area contributed by atoms with Gasteiger partial charge in [-0.2, -0.15) is 0 Å². The van der Waals surface area contributed by atoms with E-state index in [2.05, 4.69) is 26.8 Å². The van der Waals surface area contributed by atoms with Crippen molar-refractivity contribution in [3.8, 4) is 34.5 Å². The number of unbranched alkanes of at least 4 members (excludes halogenated alkanes) is 3. The van der Waals surface area contributed by atoms with E-state index in [-0.39, 0.29) is 13.2 Å². The van der Waals surface area contributed by atoms with E-state index in [1.807, 2.05) is 24.3 Å². The number of ether oxygens (including phenoxy) is 6. The Balaban J connectivity index is 3.08. The van der Waals surface area contributed by atoms with Crippen LogP contribution in [0.15, 0.2) is 45.1 Å². The van der Waals surface area contributed by atoms with E-state index in [1.54, 1.807) is 42.7 Å². The summed E-state index contributed by atoms with van der Waals surface area (Å²) in [5, 5.41) is 20.9. The molecule has 0 saturated heterocycles. The summed E-state index contributed by atoms with van der Waals surface area (Å²) in [5.41, 5.74) is 4.52. The Labute approximate surface area is 300 Å². The molecule has 2 N–H and O–H groups in total. The summed E-state index contributed by atoms with van der Waals surface area (Å²) in [6.45, 7) is 7.00. The van der Waals surface area contributed by atoms with E-state index in [0.717, 1.165) is 30.4 Å². The van der Waals surface area contributed by atoms with Gasteiger partial charge in [0.05, 0.1) is 0 Å². The summed E-state index contributed by atoms with van der Waals surface area (Å²) in [7, 11) is 9.79. The summed E-state index contributed by atoms with van der Waals surface area (Å²) in [6, 6.07) is 8.11. The molecule has 0 atom stereocenters. The fraction of sp³-hybridized carbons (Fsp3) is 0.600. The molecule has 0 unspecified atom stereocenters. The van der Waals surface area contributed by atoms with Crippen LogP contribution in [0.25, 0.3) is 0 Å². The van der Waals surface area contributed by atoms with Crippen molar-refractivity contribution in [1.82, 2.24) is 0 Å². The van der Waals surface area contributed by atoms with Gasteiger partial charge in [0.25, 0.3) is 0 Å². The van der Waals surface area contributed by atoms with Gasteiger partial charge in [-0.1, -0.05) is 0 Å². The van der Waals surface area contributed by atoms with Crippen LogP contribution in [0.2, 0.25) is 13.3 Å². The summed E-state index contributed by atoms with van der Waals surface area (Å²) in [5.74, 6) is 3.54. The van der Waals surface area contributed by atoms with Crippen LogP contribution in [0.5, 0.6) is 34.5 Å². The maximum atomic E-state index is 10.6. The van der Waals surface area contributed by atoms with Gasteiger partial charge in [0.15, 0.2) is 0 Å². The molecule has 0 heterocycles. The average Bonchev–Trinajstić information content (AvgIpc) is 3.13. The van der Waals surface area contributed by atoms with Crippen LogP contribution in [0.4, 0.5) is 0 Å². The first-order valence-electron chi connectivity index (χ1n) is 18.0. The van der Waals surface area contributed by atoms with E-state index in [4.69, 9.17) is 28.4 Å². The van der Waals surface area contributed by atoms with Gasteiger partial charge in [0.1, 0.15) is 0 Å². The predicted octanol–water partition coefficient (Wildman–Crippen LogP) is 8.90. The third kappa shape index (κ3) is 11.7. The minimum atomic E-state index is -3.15. The third-order valence-corrected chi connectivity index (χ3v) is 25.4. The van der Waals surface area contributed by atoms with Gasteiger partial charge in [-0.05, 0) is 0 Å². The zero-order valence-electron chi connectivity index (χ0n) is 31.8. The SMILES string of the molecule is CCC[CH2][Sn]([CH2]CCC)([CH2]CCC)[C](=C/CCO)/C(Cc1cc(OC)c(OC)c(OC)c1)=C(\CCO)Cc1cc(OC)c(OC)c(OC)c1. The molecule has 2 rings (SSSR count). The van der Waals surface area contributed by atoms with E-state index in [9.17, 15) is 10.2 Å². The predicted molar refractivity (Wildman–Crippen MR) is 203 cm³/mol. The topological polar surface area (TPSA) is 95.8 Å². The molecule has 2 aromatic rings. The summed E-state index contributed by atoms with van der Waals surface area (Å²) >= 11 is -3.15. The number of benzene rings is 2. The van der Waals surface area contributed by atoms with Crippen molar-refractivity contribution in [3.05, 3.63) is 56.2 Å². The molecule has 2 aromatic carbocycles. The molecular weight excluding hydrogens is 727 g/mol. The van der Waals surface area contributed by atoms with Crippen LogP contribution in [0.3, 0.4) is 0 Å². The molecule has 0 aromatic heterocycles. The number of hydrogen-bond acceptors (Lipinski definition) is 8. The summed E-state index contributed by atoms with van der Waals surface area (Å²) in [4.78, 5) is 0. The standard InChI is InChI=1S/C28H37O8.3C4H9.Sn/c1-31-23-15-19(16-24(32-2)27(23)35-5)13-21(9-7-8-11-29)22(10-12-30)14-20-17-25(33-3)28(36-6)26(18-20)34-4;3*1-3-4-2;/h7,15-18,29-30H,8,10-14H2,1-6H3;3*1,3-4H2,2H3;/b9-7?,22-21-;;;;. The zero-order chi connectivity index (χ0) is 36.2. The Hall–Kier alpha value is -2.56. The Kier molecular flexibility index (Phi) is 20.0. The molecule has 0 aliphatic rings. The third-order valence-electron chi connectivity index (χ3n) is 9.49. The van der Waals surface area contributed by atoms with E-state index in [0.29, 0.717) is 60.2 Å². The van der Waals surface area contributed by atoms with Crippen molar-refractivity contribution in [3.63, 3.8) is 0 Å². The quantitative estimate of drug-likeness (QED) is 0.0761. The number of rotatable bonds is 25. The number of allylic oxidation sites excluding steroid dienone is 2. The van der Waals surface area contributed by atoms with Crippen molar-refractivity contribution in [2.75, 3.05) is 55.9 Å². The fourth-order valence-electron chi connectivity index (χ4n) is 7.01. The van der Waals surface area contributed by atoms with E-state index < -0.39 is 18.4 Å². The molecule has 0 saturated carbocycles. The molecule has 0 fully saturated rings. The Morgan fingerprint density at radius 1 is 0.592 bits per heavy atom. The molecular formula is C40H64O8Sn. The van der Waals surface area contributed by atoms with Crippen molar-refractivity contribution in [1.29, 1.82) is 0 Å². The normalized spacial score (nSPS) is 12.4. The Bertz CT molecular complexity index is 1260. The molecule has 0 radical (unpaired) electrons. The molecule has 9 heteroatoms. The van der Waals surface area contributed by atoms with Crippen molar-refractivity contribution in [2.24, 2.45) is 0 Å². The Morgan fingerprint density at radius 2 is 1.00 bits per heavy atom. The van der Waals surface area contributed by atoms with Gasteiger partial charge in [-0.25, -0.2) is 0 Å². The van der Waals surface area contributed by atoms with Gasteiger partial charge in [-0.3, -0.25) is 0 Å². The molecule has 0 amide bonds. The van der Waals surface area contributed by atoms with Crippen molar-refractivity contribution >= 4 is 18.4 Å². The van der Waals surface area contributed by atoms with Gasteiger partial charge >= 0.3 is 302 Å². The first-order valence-corrected chi connectivity index (χ1v) is 25.5. The molecule has 8 nitrogen and oxygen atoms in total.